The van der Waals surface area contributed by atoms with Crippen LogP contribution in [0.1, 0.15) is 39.5 Å². The van der Waals surface area contributed by atoms with Gasteiger partial charge in [0.05, 0.1) is 29.0 Å². The van der Waals surface area contributed by atoms with Crippen LogP contribution in [0.25, 0.3) is 0 Å². The predicted octanol–water partition coefficient (Wildman–Crippen LogP) is 2.09. The maximum absolute atomic E-state index is 9.60. The highest BCUT2D eigenvalue weighted by Crippen LogP contribution is 1.93. The second-order valence-electron chi connectivity index (χ2n) is 4.61. The Morgan fingerprint density at radius 1 is 1.30 bits per heavy atom. The molecule has 6 heteroatoms. The van der Waals surface area contributed by atoms with E-state index in [0.29, 0.717) is 0 Å². The average Bonchev–Trinajstić information content (AvgIpc) is 2.81. The van der Waals surface area contributed by atoms with Crippen LogP contribution in [0.3, 0.4) is 0 Å². The summed E-state index contributed by atoms with van der Waals surface area (Å²) in [6, 6.07) is 0. The van der Waals surface area contributed by atoms with Gasteiger partial charge in [0.25, 0.3) is 0 Å². The van der Waals surface area contributed by atoms with Crippen molar-refractivity contribution < 1.29 is 17.5 Å². The van der Waals surface area contributed by atoms with E-state index in [1.54, 1.807) is 0 Å². The molecule has 0 bridgehead atoms. The number of imidazole rings is 1. The summed E-state index contributed by atoms with van der Waals surface area (Å²) in [5.74, 6) is -0.479. The van der Waals surface area contributed by atoms with Crippen molar-refractivity contribution >= 4 is 10.1 Å². The molecule has 0 spiro atoms. The van der Waals surface area contributed by atoms with E-state index in [4.69, 9.17) is 0 Å². The highest BCUT2D eigenvalue weighted by atomic mass is 32.2. The van der Waals surface area contributed by atoms with Crippen LogP contribution in [0, 0.1) is 0 Å². The molecule has 0 saturated carbocycles. The fourth-order valence-electron chi connectivity index (χ4n) is 1.53. The Hall–Kier alpha value is -1.14. The zero-order valence-electron chi connectivity index (χ0n) is 12.5. The Morgan fingerprint density at radius 3 is 2.40 bits per heavy atom. The number of unbranched alkanes of at least 4 members (excludes halogenated alkanes) is 2. The standard InChI is InChI=1S/C11H21N2.C3H6O3S/c1-3-5-7-12-9-10-13(11-12)8-6-4-2;1-2-3-7(4,5)6/h9-11H,3-8H2,1-2H3;2H,1,3H2,(H,4,5,6)/q+1;/p-1. The zero-order valence-corrected chi connectivity index (χ0v) is 13.3. The van der Waals surface area contributed by atoms with Crippen molar-refractivity contribution in [2.45, 2.75) is 52.6 Å². The molecule has 1 aromatic rings. The monoisotopic (exact) mass is 302 g/mol. The van der Waals surface area contributed by atoms with Gasteiger partial charge in [-0.15, -0.1) is 6.58 Å². The van der Waals surface area contributed by atoms with Crippen LogP contribution in [-0.2, 0) is 23.2 Å². The number of nitrogens with zero attached hydrogens (tertiary/aromatic N) is 2. The second-order valence-corrected chi connectivity index (χ2v) is 6.06. The maximum Gasteiger partial charge on any atom is 0.243 e. The van der Waals surface area contributed by atoms with Gasteiger partial charge in [0.1, 0.15) is 12.4 Å². The quantitative estimate of drug-likeness (QED) is 0.419. The molecule has 5 nitrogen and oxygen atoms in total. The molecule has 0 aliphatic carbocycles. The first kappa shape index (κ1) is 18.9. The minimum absolute atomic E-state index is 0.479. The van der Waals surface area contributed by atoms with Crippen LogP contribution in [0.15, 0.2) is 31.4 Å². The van der Waals surface area contributed by atoms with Gasteiger partial charge in [0, 0.05) is 0 Å². The smallest absolute Gasteiger partial charge is 0.243 e. The van der Waals surface area contributed by atoms with Crippen molar-refractivity contribution in [1.82, 2.24) is 4.57 Å². The molecule has 1 aromatic heterocycles. The average molecular weight is 302 g/mol. The van der Waals surface area contributed by atoms with E-state index < -0.39 is 15.9 Å². The molecule has 0 atom stereocenters. The summed E-state index contributed by atoms with van der Waals surface area (Å²) in [4.78, 5) is 0. The SMILES string of the molecule is C=CCS(=O)(=O)[O-].CCCCn1cc[n+](CCCC)c1. The highest BCUT2D eigenvalue weighted by molar-refractivity contribution is 7.85. The van der Waals surface area contributed by atoms with Gasteiger partial charge in [-0.1, -0.05) is 32.8 Å². The van der Waals surface area contributed by atoms with Crippen LogP contribution >= 0.6 is 0 Å². The Bertz CT molecular complexity index is 444. The molecule has 116 valence electrons. The number of rotatable bonds is 8. The van der Waals surface area contributed by atoms with Crippen LogP contribution in [0.5, 0.6) is 0 Å². The van der Waals surface area contributed by atoms with Crippen molar-refractivity contribution in [3.63, 3.8) is 0 Å². The minimum atomic E-state index is -4.04. The Morgan fingerprint density at radius 2 is 1.95 bits per heavy atom. The maximum atomic E-state index is 9.60. The summed E-state index contributed by atoms with van der Waals surface area (Å²) in [6.07, 6.45) is 12.7. The van der Waals surface area contributed by atoms with Crippen LogP contribution in [-0.4, -0.2) is 23.3 Å². The molecule has 0 N–H and O–H groups in total. The van der Waals surface area contributed by atoms with Gasteiger partial charge in [0.2, 0.25) is 6.33 Å². The molecule has 0 amide bonds. The van der Waals surface area contributed by atoms with Crippen molar-refractivity contribution in [1.29, 1.82) is 0 Å². The molecule has 0 unspecified atom stereocenters. The lowest BCUT2D eigenvalue weighted by Crippen LogP contribution is -2.30. The summed E-state index contributed by atoms with van der Waals surface area (Å²) in [7, 11) is -4.04. The molecule has 0 radical (unpaired) electrons. The van der Waals surface area contributed by atoms with E-state index in [0.717, 1.165) is 19.2 Å². The molecule has 0 aromatic carbocycles. The Labute approximate surface area is 122 Å². The van der Waals surface area contributed by atoms with Crippen molar-refractivity contribution in [2.24, 2.45) is 0 Å². The molecular formula is C14H26N2O3S. The summed E-state index contributed by atoms with van der Waals surface area (Å²) in [5.41, 5.74) is 0. The second kappa shape index (κ2) is 10.6. The topological polar surface area (TPSA) is 66.0 Å². The first-order valence-corrected chi connectivity index (χ1v) is 8.60. The van der Waals surface area contributed by atoms with Crippen LogP contribution < -0.4 is 4.57 Å². The van der Waals surface area contributed by atoms with Gasteiger partial charge >= 0.3 is 0 Å². The van der Waals surface area contributed by atoms with Crippen LogP contribution in [0.2, 0.25) is 0 Å². The van der Waals surface area contributed by atoms with Crippen molar-refractivity contribution in [3.8, 4) is 0 Å². The normalized spacial score (nSPS) is 10.8. The third-order valence-electron chi connectivity index (χ3n) is 2.61. The lowest BCUT2D eigenvalue weighted by Gasteiger charge is -1.98. The highest BCUT2D eigenvalue weighted by Gasteiger charge is 2.01. The van der Waals surface area contributed by atoms with Gasteiger partial charge in [-0.05, 0) is 12.8 Å². The lowest BCUT2D eigenvalue weighted by atomic mass is 10.3. The van der Waals surface area contributed by atoms with Gasteiger partial charge in [-0.2, -0.15) is 0 Å². The molecule has 1 rings (SSSR count). The first-order valence-electron chi connectivity index (χ1n) is 7.02. The minimum Gasteiger partial charge on any atom is -0.748 e. The van der Waals surface area contributed by atoms with Gasteiger partial charge < -0.3 is 4.55 Å². The predicted molar refractivity (Wildman–Crippen MR) is 79.2 cm³/mol. The number of aromatic nitrogens is 2. The summed E-state index contributed by atoms with van der Waals surface area (Å²) in [5, 5.41) is 0. The number of hydrogen-bond donors (Lipinski definition) is 0. The fourth-order valence-corrected chi connectivity index (χ4v) is 1.82. The largest absolute Gasteiger partial charge is 0.748 e. The molecule has 0 aliphatic heterocycles. The fraction of sp³-hybridized carbons (Fsp3) is 0.643. The molecule has 0 saturated heterocycles. The zero-order chi connectivity index (χ0) is 15.4. The lowest BCUT2D eigenvalue weighted by molar-refractivity contribution is -0.696. The molecule has 0 aliphatic rings. The van der Waals surface area contributed by atoms with E-state index in [1.165, 1.54) is 25.7 Å². The number of aryl methyl sites for hydroxylation is 2. The van der Waals surface area contributed by atoms with Gasteiger partial charge in [0.15, 0.2) is 0 Å². The van der Waals surface area contributed by atoms with E-state index in [-0.39, 0.29) is 0 Å². The van der Waals surface area contributed by atoms with E-state index in [2.05, 4.69) is 48.3 Å². The van der Waals surface area contributed by atoms with Crippen molar-refractivity contribution in [2.75, 3.05) is 5.75 Å². The third kappa shape index (κ3) is 10.8. The van der Waals surface area contributed by atoms with Gasteiger partial charge in [-0.3, -0.25) is 0 Å². The van der Waals surface area contributed by atoms with E-state index in [1.807, 2.05) is 0 Å². The summed E-state index contributed by atoms with van der Waals surface area (Å²) in [6.45, 7) is 9.85. The van der Waals surface area contributed by atoms with E-state index >= 15 is 0 Å². The molecule has 0 fully saturated rings. The van der Waals surface area contributed by atoms with E-state index in [9.17, 15) is 13.0 Å². The van der Waals surface area contributed by atoms with Crippen LogP contribution in [0.4, 0.5) is 0 Å². The van der Waals surface area contributed by atoms with Gasteiger partial charge in [-0.25, -0.2) is 17.6 Å². The first-order chi connectivity index (χ1) is 9.42. The molecular weight excluding hydrogens is 276 g/mol. The third-order valence-corrected chi connectivity index (χ3v) is 3.25. The summed E-state index contributed by atoms with van der Waals surface area (Å²) < 4.78 is 33.4. The number of hydrogen-bond acceptors (Lipinski definition) is 3. The molecule has 20 heavy (non-hydrogen) atoms. The Kier molecular flexibility index (Phi) is 10.0. The Balaban J connectivity index is 0.000000441. The summed E-state index contributed by atoms with van der Waals surface area (Å²) >= 11 is 0. The van der Waals surface area contributed by atoms with Crippen molar-refractivity contribution in [3.05, 3.63) is 31.4 Å². The molecule has 1 heterocycles.